The van der Waals surface area contributed by atoms with E-state index in [1.54, 1.807) is 12.1 Å². The summed E-state index contributed by atoms with van der Waals surface area (Å²) in [4.78, 5) is 13.1. The average molecular weight is 385 g/mol. The molecule has 23 heavy (non-hydrogen) atoms. The molecule has 6 heteroatoms. The van der Waals surface area contributed by atoms with E-state index in [0.29, 0.717) is 30.1 Å². The van der Waals surface area contributed by atoms with Gasteiger partial charge in [0.1, 0.15) is 5.82 Å². The molecule has 0 aliphatic heterocycles. The van der Waals surface area contributed by atoms with Crippen LogP contribution in [-0.2, 0) is 11.3 Å². The smallest absolute Gasteiger partial charge is 0.317 e. The number of rotatable bonds is 8. The molecule has 0 aromatic heterocycles. The van der Waals surface area contributed by atoms with Crippen LogP contribution in [0, 0.1) is 11.7 Å². The summed E-state index contributed by atoms with van der Waals surface area (Å²) in [5.74, 6) is -0.256. The molecule has 0 heterocycles. The zero-order valence-electron chi connectivity index (χ0n) is 13.0. The average Bonchev–Trinajstić information content (AvgIpc) is 3.24. The maximum absolute atomic E-state index is 13.7. The van der Waals surface area contributed by atoms with Crippen LogP contribution in [0.15, 0.2) is 22.7 Å². The van der Waals surface area contributed by atoms with Crippen LogP contribution < -0.4 is 5.32 Å². The Labute approximate surface area is 144 Å². The highest BCUT2D eigenvalue weighted by atomic mass is 79.9. The van der Waals surface area contributed by atoms with Crippen molar-refractivity contribution in [3.05, 3.63) is 34.1 Å². The van der Waals surface area contributed by atoms with Crippen molar-refractivity contribution in [2.75, 3.05) is 13.1 Å². The van der Waals surface area contributed by atoms with Gasteiger partial charge in [-0.05, 0) is 49.8 Å². The molecule has 4 nitrogen and oxygen atoms in total. The van der Waals surface area contributed by atoms with Crippen LogP contribution in [-0.4, -0.2) is 41.1 Å². The van der Waals surface area contributed by atoms with Crippen molar-refractivity contribution in [2.24, 2.45) is 5.92 Å². The Hall–Kier alpha value is -0.980. The molecular weight excluding hydrogens is 363 g/mol. The van der Waals surface area contributed by atoms with Gasteiger partial charge in [-0.3, -0.25) is 9.69 Å². The lowest BCUT2D eigenvalue weighted by molar-refractivity contribution is -0.139. The summed E-state index contributed by atoms with van der Waals surface area (Å²) in [6, 6.07) is 5.64. The van der Waals surface area contributed by atoms with Gasteiger partial charge < -0.3 is 10.4 Å². The van der Waals surface area contributed by atoms with Gasteiger partial charge in [-0.1, -0.05) is 15.9 Å². The lowest BCUT2D eigenvalue weighted by Gasteiger charge is -2.43. The maximum Gasteiger partial charge on any atom is 0.317 e. The number of nitrogens with zero attached hydrogens (tertiary/aromatic N) is 1. The van der Waals surface area contributed by atoms with Crippen LogP contribution >= 0.6 is 15.9 Å². The van der Waals surface area contributed by atoms with E-state index < -0.39 is 5.97 Å². The van der Waals surface area contributed by atoms with Gasteiger partial charge in [0.25, 0.3) is 0 Å². The molecule has 2 aliphatic rings. The molecule has 3 rings (SSSR count). The summed E-state index contributed by atoms with van der Waals surface area (Å²) >= 11 is 3.36. The first-order chi connectivity index (χ1) is 11.0. The van der Waals surface area contributed by atoms with Gasteiger partial charge in [0.2, 0.25) is 0 Å². The van der Waals surface area contributed by atoms with Crippen molar-refractivity contribution in [3.8, 4) is 0 Å². The van der Waals surface area contributed by atoms with Crippen molar-refractivity contribution in [2.45, 2.75) is 44.3 Å². The molecule has 2 fully saturated rings. The molecule has 0 radical (unpaired) electrons. The fourth-order valence-corrected chi connectivity index (χ4v) is 3.54. The topological polar surface area (TPSA) is 52.6 Å². The van der Waals surface area contributed by atoms with E-state index in [1.807, 2.05) is 0 Å². The third-order valence-electron chi connectivity index (χ3n) is 4.75. The summed E-state index contributed by atoms with van der Waals surface area (Å²) in [5, 5.41) is 12.4. The summed E-state index contributed by atoms with van der Waals surface area (Å²) < 4.78 is 14.6. The lowest BCUT2D eigenvalue weighted by atomic mass is 9.85. The van der Waals surface area contributed by atoms with Crippen molar-refractivity contribution in [3.63, 3.8) is 0 Å². The first kappa shape index (κ1) is 16.9. The summed E-state index contributed by atoms with van der Waals surface area (Å²) in [7, 11) is 0. The predicted octanol–water partition coefficient (Wildman–Crippen LogP) is 3.01. The quantitative estimate of drug-likeness (QED) is 0.723. The normalized spacial score (nSPS) is 23.8. The zero-order chi connectivity index (χ0) is 16.4. The molecule has 0 atom stereocenters. The van der Waals surface area contributed by atoms with Gasteiger partial charge in [0.15, 0.2) is 0 Å². The second kappa shape index (κ2) is 7.28. The fraction of sp³-hybridized carbons (Fsp3) is 0.588. The van der Waals surface area contributed by atoms with Crippen molar-refractivity contribution < 1.29 is 14.3 Å². The minimum absolute atomic E-state index is 0.133. The van der Waals surface area contributed by atoms with Crippen molar-refractivity contribution in [1.82, 2.24) is 10.2 Å². The Kier molecular flexibility index (Phi) is 5.34. The Morgan fingerprint density at radius 2 is 2.13 bits per heavy atom. The van der Waals surface area contributed by atoms with Crippen LogP contribution in [0.25, 0.3) is 0 Å². The lowest BCUT2D eigenvalue weighted by Crippen LogP contribution is -2.54. The largest absolute Gasteiger partial charge is 0.480 e. The van der Waals surface area contributed by atoms with E-state index >= 15 is 0 Å². The summed E-state index contributed by atoms with van der Waals surface area (Å²) in [6.07, 6.45) is 4.34. The number of aliphatic carboxylic acids is 1. The van der Waals surface area contributed by atoms with E-state index in [4.69, 9.17) is 5.11 Å². The fourth-order valence-electron chi connectivity index (χ4n) is 3.13. The molecule has 0 spiro atoms. The van der Waals surface area contributed by atoms with Crippen LogP contribution in [0.1, 0.15) is 31.2 Å². The number of carboxylic acids is 1. The van der Waals surface area contributed by atoms with Gasteiger partial charge >= 0.3 is 5.97 Å². The summed E-state index contributed by atoms with van der Waals surface area (Å²) in [6.45, 7) is 1.54. The van der Waals surface area contributed by atoms with Gasteiger partial charge in [-0.25, -0.2) is 4.39 Å². The summed E-state index contributed by atoms with van der Waals surface area (Å²) in [5.41, 5.74) is 0.656. The van der Waals surface area contributed by atoms with E-state index in [1.165, 1.54) is 18.9 Å². The monoisotopic (exact) mass is 384 g/mol. The minimum Gasteiger partial charge on any atom is -0.480 e. The molecule has 2 aliphatic carbocycles. The van der Waals surface area contributed by atoms with E-state index in [-0.39, 0.29) is 12.4 Å². The van der Waals surface area contributed by atoms with Crippen LogP contribution in [0.3, 0.4) is 0 Å². The second-order valence-electron chi connectivity index (χ2n) is 6.71. The third-order valence-corrected chi connectivity index (χ3v) is 5.24. The second-order valence-corrected chi connectivity index (χ2v) is 7.62. The maximum atomic E-state index is 13.7. The molecule has 2 saturated carbocycles. The predicted molar refractivity (Wildman–Crippen MR) is 89.7 cm³/mol. The van der Waals surface area contributed by atoms with Crippen molar-refractivity contribution in [1.29, 1.82) is 0 Å². The van der Waals surface area contributed by atoms with Gasteiger partial charge in [0.05, 0.1) is 6.54 Å². The number of hydrogen-bond donors (Lipinski definition) is 2. The Balaban J connectivity index is 1.45. The van der Waals surface area contributed by atoms with E-state index in [2.05, 4.69) is 26.1 Å². The number of benzene rings is 1. The van der Waals surface area contributed by atoms with Gasteiger partial charge in [-0.15, -0.1) is 0 Å². The number of halogens is 2. The molecule has 126 valence electrons. The first-order valence-electron chi connectivity index (χ1n) is 8.14. The number of nitrogens with one attached hydrogen (secondary N) is 1. The third kappa shape index (κ3) is 4.75. The molecule has 0 saturated heterocycles. The number of carboxylic acid groups (broad SMARTS) is 1. The molecule has 0 bridgehead atoms. The Morgan fingerprint density at radius 1 is 1.39 bits per heavy atom. The molecular formula is C17H22BrFN2O2. The molecule has 1 aromatic rings. The molecule has 1 aromatic carbocycles. The number of hydrogen-bond acceptors (Lipinski definition) is 3. The Morgan fingerprint density at radius 3 is 2.78 bits per heavy atom. The van der Waals surface area contributed by atoms with Crippen LogP contribution in [0.5, 0.6) is 0 Å². The zero-order valence-corrected chi connectivity index (χ0v) is 14.6. The first-order valence-corrected chi connectivity index (χ1v) is 8.93. The Bertz CT molecular complexity index is 574. The molecule has 0 unspecified atom stereocenters. The highest BCUT2D eigenvalue weighted by Gasteiger charge is 2.36. The standard InChI is InChI=1S/C17H22BrFN2O2/c18-13-3-4-16(19)12(5-13)8-20-14-6-15(7-14)21(10-17(22)23)9-11-1-2-11/h3-5,11,14-15,20H,1-2,6-10H2,(H,22,23). The molecule has 0 amide bonds. The molecule has 2 N–H and O–H groups in total. The SMILES string of the molecule is O=C(O)CN(CC1CC1)C1CC(NCc2cc(Br)ccc2F)C1. The minimum atomic E-state index is -0.752. The van der Waals surface area contributed by atoms with Crippen LogP contribution in [0.4, 0.5) is 4.39 Å². The van der Waals surface area contributed by atoms with Gasteiger partial charge in [0, 0.05) is 35.2 Å². The van der Waals surface area contributed by atoms with E-state index in [0.717, 1.165) is 23.9 Å². The van der Waals surface area contributed by atoms with E-state index in [9.17, 15) is 9.18 Å². The number of carbonyl (C=O) groups is 1. The van der Waals surface area contributed by atoms with Gasteiger partial charge in [-0.2, -0.15) is 0 Å². The van der Waals surface area contributed by atoms with Crippen molar-refractivity contribution >= 4 is 21.9 Å². The highest BCUT2D eigenvalue weighted by molar-refractivity contribution is 9.10. The highest BCUT2D eigenvalue weighted by Crippen LogP contribution is 2.33. The van der Waals surface area contributed by atoms with Crippen LogP contribution in [0.2, 0.25) is 0 Å².